The number of hydrogen-bond acceptors (Lipinski definition) is 4. The van der Waals surface area contributed by atoms with Crippen LogP contribution < -0.4 is 5.32 Å². The van der Waals surface area contributed by atoms with Crippen molar-refractivity contribution in [1.82, 2.24) is 20.2 Å². The molecular formula is C22H26N4O2. The molecule has 0 spiro atoms. The number of carbonyl (C=O) groups excluding carboxylic acids is 1. The van der Waals surface area contributed by atoms with Crippen LogP contribution in [0.1, 0.15) is 35.4 Å². The van der Waals surface area contributed by atoms with Crippen molar-refractivity contribution < 1.29 is 9.90 Å². The molecular weight excluding hydrogens is 352 g/mol. The monoisotopic (exact) mass is 378 g/mol. The van der Waals surface area contributed by atoms with Crippen molar-refractivity contribution in [2.45, 2.75) is 25.9 Å². The maximum Gasteiger partial charge on any atom is 0.251 e. The zero-order chi connectivity index (χ0) is 19.3. The fourth-order valence-electron chi connectivity index (χ4n) is 3.74. The van der Waals surface area contributed by atoms with Crippen LogP contribution in [-0.2, 0) is 6.61 Å². The number of hydrogen-bond donors (Lipinski definition) is 3. The fraction of sp³-hybridized carbons (Fsp3) is 0.364. The average molecular weight is 378 g/mol. The summed E-state index contributed by atoms with van der Waals surface area (Å²) in [6, 6.07) is 13.6. The zero-order valence-corrected chi connectivity index (χ0v) is 15.9. The van der Waals surface area contributed by atoms with Crippen molar-refractivity contribution in [3.8, 4) is 11.1 Å². The highest BCUT2D eigenvalue weighted by molar-refractivity contribution is 5.94. The molecule has 0 bridgehead atoms. The third kappa shape index (κ3) is 4.24. The van der Waals surface area contributed by atoms with Gasteiger partial charge in [0.2, 0.25) is 0 Å². The van der Waals surface area contributed by atoms with Crippen LogP contribution in [0.15, 0.2) is 42.5 Å². The highest BCUT2D eigenvalue weighted by Crippen LogP contribution is 2.24. The van der Waals surface area contributed by atoms with E-state index in [1.54, 1.807) is 0 Å². The van der Waals surface area contributed by atoms with Crippen molar-refractivity contribution in [2.24, 2.45) is 0 Å². The summed E-state index contributed by atoms with van der Waals surface area (Å²) in [4.78, 5) is 22.2. The summed E-state index contributed by atoms with van der Waals surface area (Å²) in [5.41, 5.74) is 4.47. The van der Waals surface area contributed by atoms with Crippen LogP contribution in [0.5, 0.6) is 0 Å². The Morgan fingerprint density at radius 1 is 1.07 bits per heavy atom. The average Bonchev–Trinajstić information content (AvgIpc) is 3.17. The molecule has 0 saturated carbocycles. The summed E-state index contributed by atoms with van der Waals surface area (Å²) in [6.07, 6.45) is 3.85. The van der Waals surface area contributed by atoms with E-state index in [0.29, 0.717) is 17.9 Å². The first-order chi connectivity index (χ1) is 13.7. The van der Waals surface area contributed by atoms with Gasteiger partial charge in [-0.2, -0.15) is 0 Å². The second-order valence-corrected chi connectivity index (χ2v) is 7.31. The number of amides is 1. The number of aromatic nitrogens is 2. The number of imidazole rings is 1. The Hall–Kier alpha value is -2.70. The van der Waals surface area contributed by atoms with E-state index in [4.69, 9.17) is 0 Å². The molecule has 1 saturated heterocycles. The molecule has 146 valence electrons. The second-order valence-electron chi connectivity index (χ2n) is 7.31. The minimum atomic E-state index is -0.106. The van der Waals surface area contributed by atoms with Gasteiger partial charge in [0.15, 0.2) is 0 Å². The number of nitrogens with zero attached hydrogens (tertiary/aromatic N) is 2. The van der Waals surface area contributed by atoms with Crippen LogP contribution in [0, 0.1) is 0 Å². The van der Waals surface area contributed by atoms with Gasteiger partial charge < -0.3 is 20.3 Å². The van der Waals surface area contributed by atoms with E-state index in [1.807, 2.05) is 42.5 Å². The Morgan fingerprint density at radius 3 is 2.57 bits per heavy atom. The minimum absolute atomic E-state index is 0.0276. The Labute approximate surface area is 164 Å². The normalized spacial score (nSPS) is 15.0. The molecule has 2 heterocycles. The van der Waals surface area contributed by atoms with Gasteiger partial charge in [0, 0.05) is 18.7 Å². The first kappa shape index (κ1) is 18.7. The van der Waals surface area contributed by atoms with Gasteiger partial charge in [0.1, 0.15) is 12.4 Å². The molecule has 0 atom stereocenters. The summed E-state index contributed by atoms with van der Waals surface area (Å²) in [5.74, 6) is 0.531. The van der Waals surface area contributed by atoms with Crippen molar-refractivity contribution in [1.29, 1.82) is 0 Å². The number of benzene rings is 2. The Morgan fingerprint density at radius 2 is 1.82 bits per heavy atom. The highest BCUT2D eigenvalue weighted by Gasteiger charge is 2.11. The molecule has 1 aliphatic heterocycles. The van der Waals surface area contributed by atoms with E-state index in [9.17, 15) is 9.90 Å². The molecule has 28 heavy (non-hydrogen) atoms. The predicted molar refractivity (Wildman–Crippen MR) is 110 cm³/mol. The van der Waals surface area contributed by atoms with Gasteiger partial charge >= 0.3 is 0 Å². The van der Waals surface area contributed by atoms with Gasteiger partial charge in [-0.25, -0.2) is 4.98 Å². The number of piperidine rings is 1. The van der Waals surface area contributed by atoms with Gasteiger partial charge in [-0.3, -0.25) is 4.79 Å². The summed E-state index contributed by atoms with van der Waals surface area (Å²) >= 11 is 0. The van der Waals surface area contributed by atoms with Crippen molar-refractivity contribution in [3.05, 3.63) is 53.9 Å². The standard InChI is InChI=1S/C22H26N4O2/c27-15-21-24-19-9-8-18(14-20(19)25-21)16-4-6-17(7-5-16)22(28)23-10-13-26-11-2-1-3-12-26/h4-9,14,27H,1-3,10-13,15H2,(H,23,28)(H,24,25). The number of fused-ring (bicyclic) bond motifs is 1. The predicted octanol–water partition coefficient (Wildman–Crippen LogP) is 2.94. The number of aliphatic hydroxyl groups is 1. The molecule has 1 aromatic heterocycles. The van der Waals surface area contributed by atoms with Gasteiger partial charge in [-0.15, -0.1) is 0 Å². The number of likely N-dealkylation sites (tertiary alicyclic amines) is 1. The van der Waals surface area contributed by atoms with Gasteiger partial charge in [-0.05, 0) is 61.3 Å². The molecule has 4 rings (SSSR count). The number of aromatic amines is 1. The lowest BCUT2D eigenvalue weighted by Gasteiger charge is -2.26. The number of carbonyl (C=O) groups is 1. The molecule has 0 aliphatic carbocycles. The third-order valence-corrected chi connectivity index (χ3v) is 5.32. The maximum atomic E-state index is 12.4. The van der Waals surface area contributed by atoms with Crippen LogP contribution in [0.25, 0.3) is 22.2 Å². The first-order valence-corrected chi connectivity index (χ1v) is 9.93. The lowest BCUT2D eigenvalue weighted by atomic mass is 10.0. The van der Waals surface area contributed by atoms with E-state index in [1.165, 1.54) is 19.3 Å². The quantitative estimate of drug-likeness (QED) is 0.616. The number of aliphatic hydroxyl groups excluding tert-OH is 1. The highest BCUT2D eigenvalue weighted by atomic mass is 16.3. The lowest BCUT2D eigenvalue weighted by molar-refractivity contribution is 0.0946. The van der Waals surface area contributed by atoms with Crippen LogP contribution in [0.3, 0.4) is 0 Å². The number of H-pyrrole nitrogens is 1. The summed E-state index contributed by atoms with van der Waals surface area (Å²) in [5, 5.41) is 12.2. The van der Waals surface area contributed by atoms with E-state index < -0.39 is 0 Å². The smallest absolute Gasteiger partial charge is 0.251 e. The molecule has 3 aromatic rings. The number of nitrogens with one attached hydrogen (secondary N) is 2. The molecule has 2 aromatic carbocycles. The van der Waals surface area contributed by atoms with Crippen LogP contribution in [0.4, 0.5) is 0 Å². The number of rotatable bonds is 6. The fourth-order valence-corrected chi connectivity index (χ4v) is 3.74. The Kier molecular flexibility index (Phi) is 5.69. The Bertz CT molecular complexity index is 943. The summed E-state index contributed by atoms with van der Waals surface area (Å²) < 4.78 is 0. The van der Waals surface area contributed by atoms with Crippen LogP contribution >= 0.6 is 0 Å². The molecule has 3 N–H and O–H groups in total. The SMILES string of the molecule is O=C(NCCN1CCCCC1)c1ccc(-c2ccc3nc(CO)[nH]c3c2)cc1. The Balaban J connectivity index is 1.38. The van der Waals surface area contributed by atoms with E-state index in [0.717, 1.165) is 41.8 Å². The largest absolute Gasteiger partial charge is 0.388 e. The molecule has 1 amide bonds. The molecule has 1 fully saturated rings. The molecule has 0 unspecified atom stereocenters. The molecule has 6 heteroatoms. The van der Waals surface area contributed by atoms with E-state index >= 15 is 0 Å². The van der Waals surface area contributed by atoms with Crippen molar-refractivity contribution in [2.75, 3.05) is 26.2 Å². The van der Waals surface area contributed by atoms with Crippen LogP contribution in [0.2, 0.25) is 0 Å². The van der Waals surface area contributed by atoms with E-state index in [2.05, 4.69) is 20.2 Å². The lowest BCUT2D eigenvalue weighted by Crippen LogP contribution is -2.37. The molecule has 1 aliphatic rings. The zero-order valence-electron chi connectivity index (χ0n) is 15.9. The van der Waals surface area contributed by atoms with Gasteiger partial charge in [-0.1, -0.05) is 24.6 Å². The van der Waals surface area contributed by atoms with Crippen molar-refractivity contribution >= 4 is 16.9 Å². The van der Waals surface area contributed by atoms with Crippen LogP contribution in [-0.4, -0.2) is 52.1 Å². The first-order valence-electron chi connectivity index (χ1n) is 9.93. The summed E-state index contributed by atoms with van der Waals surface area (Å²) in [6.45, 7) is 3.79. The molecule has 6 nitrogen and oxygen atoms in total. The third-order valence-electron chi connectivity index (χ3n) is 5.32. The minimum Gasteiger partial charge on any atom is -0.388 e. The van der Waals surface area contributed by atoms with Gasteiger partial charge in [0.05, 0.1) is 11.0 Å². The maximum absolute atomic E-state index is 12.4. The van der Waals surface area contributed by atoms with Gasteiger partial charge in [0.25, 0.3) is 5.91 Å². The van der Waals surface area contributed by atoms with Crippen molar-refractivity contribution in [3.63, 3.8) is 0 Å². The second kappa shape index (κ2) is 8.54. The molecule has 0 radical (unpaired) electrons. The van der Waals surface area contributed by atoms with E-state index in [-0.39, 0.29) is 12.5 Å². The topological polar surface area (TPSA) is 81.2 Å². The summed E-state index contributed by atoms with van der Waals surface area (Å²) in [7, 11) is 0.